The Morgan fingerprint density at radius 1 is 0.833 bits per heavy atom. The first-order valence-electron chi connectivity index (χ1n) is 7.96. The second-order valence-corrected chi connectivity index (χ2v) is 7.13. The Morgan fingerprint density at radius 2 is 1.54 bits per heavy atom. The summed E-state index contributed by atoms with van der Waals surface area (Å²) in [7, 11) is 3.79. The van der Waals surface area contributed by atoms with E-state index in [9.17, 15) is 0 Å². The highest BCUT2D eigenvalue weighted by atomic mass is 32.1. The van der Waals surface area contributed by atoms with Crippen LogP contribution < -0.4 is 9.64 Å². The molecule has 0 saturated heterocycles. The molecule has 0 radical (unpaired) electrons. The van der Waals surface area contributed by atoms with E-state index in [4.69, 9.17) is 4.74 Å². The van der Waals surface area contributed by atoms with E-state index in [1.165, 1.54) is 31.4 Å². The minimum absolute atomic E-state index is 0.872. The summed E-state index contributed by atoms with van der Waals surface area (Å²) in [5.74, 6) is 0.872. The average Bonchev–Trinajstić information content (AvgIpc) is 2.98. The van der Waals surface area contributed by atoms with Crippen molar-refractivity contribution in [2.24, 2.45) is 0 Å². The first-order valence-corrected chi connectivity index (χ1v) is 8.78. The number of thiophene rings is 1. The molecule has 0 unspecified atom stereocenters. The fraction of sp³-hybridized carbons (Fsp3) is 0.143. The molecular weight excluding hydrogens is 314 g/mol. The Labute approximate surface area is 145 Å². The van der Waals surface area contributed by atoms with Gasteiger partial charge in [0.25, 0.3) is 0 Å². The van der Waals surface area contributed by atoms with Crippen LogP contribution in [-0.2, 0) is 0 Å². The Balaban J connectivity index is 1.84. The van der Waals surface area contributed by atoms with Gasteiger partial charge < -0.3 is 9.64 Å². The van der Waals surface area contributed by atoms with Crippen molar-refractivity contribution in [3.05, 3.63) is 66.2 Å². The van der Waals surface area contributed by atoms with Gasteiger partial charge in [0.05, 0.1) is 7.11 Å². The lowest BCUT2D eigenvalue weighted by molar-refractivity contribution is 0.415. The van der Waals surface area contributed by atoms with Crippen LogP contribution >= 0.6 is 11.3 Å². The molecule has 0 spiro atoms. The van der Waals surface area contributed by atoms with Crippen molar-refractivity contribution in [3.63, 3.8) is 0 Å². The van der Waals surface area contributed by atoms with Gasteiger partial charge in [-0.05, 0) is 49.4 Å². The van der Waals surface area contributed by atoms with Crippen molar-refractivity contribution < 1.29 is 4.74 Å². The molecule has 3 aromatic carbocycles. The van der Waals surface area contributed by atoms with Gasteiger partial charge in [0.15, 0.2) is 0 Å². The Morgan fingerprint density at radius 3 is 2.33 bits per heavy atom. The smallest absolute Gasteiger partial charge is 0.120 e. The lowest BCUT2D eigenvalue weighted by atomic mass is 10.1. The average molecular weight is 333 g/mol. The van der Waals surface area contributed by atoms with Crippen LogP contribution in [0, 0.1) is 6.92 Å². The molecule has 0 aliphatic rings. The predicted octanol–water partition coefficient (Wildman–Crippen LogP) is 6.14. The van der Waals surface area contributed by atoms with E-state index in [2.05, 4.69) is 67.4 Å². The zero-order valence-corrected chi connectivity index (χ0v) is 14.9. The lowest BCUT2D eigenvalue weighted by Gasteiger charge is -2.20. The Kier molecular flexibility index (Phi) is 3.66. The van der Waals surface area contributed by atoms with Crippen molar-refractivity contribution in [2.75, 3.05) is 19.1 Å². The second kappa shape index (κ2) is 5.84. The van der Waals surface area contributed by atoms with Gasteiger partial charge in [-0.2, -0.15) is 0 Å². The lowest BCUT2D eigenvalue weighted by Crippen LogP contribution is -2.09. The number of methoxy groups -OCH3 is 1. The monoisotopic (exact) mass is 333 g/mol. The van der Waals surface area contributed by atoms with E-state index in [1.807, 2.05) is 23.5 Å². The van der Waals surface area contributed by atoms with Crippen LogP contribution in [0.2, 0.25) is 0 Å². The molecule has 4 rings (SSSR count). The van der Waals surface area contributed by atoms with Crippen LogP contribution in [0.4, 0.5) is 11.4 Å². The van der Waals surface area contributed by atoms with Crippen LogP contribution in [0.3, 0.4) is 0 Å². The van der Waals surface area contributed by atoms with Gasteiger partial charge in [0, 0.05) is 44.7 Å². The molecular formula is C21H19NOS. The minimum atomic E-state index is 0.872. The third kappa shape index (κ3) is 2.51. The standard InChI is InChI=1S/C21H19NOS/c1-14-7-9-20-18(11-14)19-13-16(8-10-21(19)24-20)22(2)15-5-4-6-17(12-15)23-3/h4-13H,1-3H3. The van der Waals surface area contributed by atoms with Gasteiger partial charge >= 0.3 is 0 Å². The number of anilines is 2. The SMILES string of the molecule is COc1cccc(N(C)c2ccc3sc4ccc(C)cc4c3c2)c1. The topological polar surface area (TPSA) is 12.5 Å². The van der Waals surface area contributed by atoms with E-state index in [0.29, 0.717) is 0 Å². The molecule has 1 heterocycles. The van der Waals surface area contributed by atoms with Gasteiger partial charge in [0.2, 0.25) is 0 Å². The Bertz CT molecular complexity index is 1030. The summed E-state index contributed by atoms with van der Waals surface area (Å²) in [4.78, 5) is 2.20. The third-order valence-corrected chi connectivity index (χ3v) is 5.59. The zero-order valence-electron chi connectivity index (χ0n) is 14.0. The number of fused-ring (bicyclic) bond motifs is 3. The van der Waals surface area contributed by atoms with Crippen LogP contribution in [0.1, 0.15) is 5.56 Å². The maximum atomic E-state index is 5.34. The minimum Gasteiger partial charge on any atom is -0.497 e. The fourth-order valence-corrected chi connectivity index (χ4v) is 4.12. The molecule has 4 aromatic rings. The van der Waals surface area contributed by atoms with E-state index in [0.717, 1.165) is 11.4 Å². The van der Waals surface area contributed by atoms with Crippen molar-refractivity contribution in [1.82, 2.24) is 0 Å². The molecule has 3 heteroatoms. The highest BCUT2D eigenvalue weighted by Gasteiger charge is 2.10. The largest absolute Gasteiger partial charge is 0.497 e. The van der Waals surface area contributed by atoms with Gasteiger partial charge in [-0.3, -0.25) is 0 Å². The summed E-state index contributed by atoms with van der Waals surface area (Å²) in [6.07, 6.45) is 0. The number of nitrogens with zero attached hydrogens (tertiary/aromatic N) is 1. The van der Waals surface area contributed by atoms with Gasteiger partial charge in [-0.1, -0.05) is 17.7 Å². The molecule has 0 bridgehead atoms. The van der Waals surface area contributed by atoms with Crippen molar-refractivity contribution in [2.45, 2.75) is 6.92 Å². The molecule has 0 aliphatic carbocycles. The number of ether oxygens (including phenoxy) is 1. The van der Waals surface area contributed by atoms with Crippen LogP contribution in [0.25, 0.3) is 20.2 Å². The normalized spacial score (nSPS) is 11.1. The predicted molar refractivity (Wildman–Crippen MR) is 105 cm³/mol. The summed E-state index contributed by atoms with van der Waals surface area (Å²) >= 11 is 1.85. The molecule has 1 aromatic heterocycles. The zero-order chi connectivity index (χ0) is 16.7. The third-order valence-electron chi connectivity index (χ3n) is 4.44. The molecule has 120 valence electrons. The van der Waals surface area contributed by atoms with Crippen LogP contribution in [0.5, 0.6) is 5.75 Å². The molecule has 0 amide bonds. The molecule has 0 aliphatic heterocycles. The Hall–Kier alpha value is -2.52. The van der Waals surface area contributed by atoms with Crippen molar-refractivity contribution in [3.8, 4) is 5.75 Å². The van der Waals surface area contributed by atoms with Crippen molar-refractivity contribution >= 4 is 42.9 Å². The first kappa shape index (κ1) is 15.0. The highest BCUT2D eigenvalue weighted by Crippen LogP contribution is 2.37. The van der Waals surface area contributed by atoms with Gasteiger partial charge in [0.1, 0.15) is 5.75 Å². The fourth-order valence-electron chi connectivity index (χ4n) is 3.06. The molecule has 0 saturated carbocycles. The maximum Gasteiger partial charge on any atom is 0.120 e. The number of hydrogen-bond donors (Lipinski definition) is 0. The van der Waals surface area contributed by atoms with Crippen LogP contribution in [0.15, 0.2) is 60.7 Å². The quantitative estimate of drug-likeness (QED) is 0.446. The molecule has 0 N–H and O–H groups in total. The summed E-state index contributed by atoms with van der Waals surface area (Å²) < 4.78 is 8.02. The number of rotatable bonds is 3. The summed E-state index contributed by atoms with van der Waals surface area (Å²) in [5.41, 5.74) is 3.59. The molecule has 2 nitrogen and oxygen atoms in total. The highest BCUT2D eigenvalue weighted by molar-refractivity contribution is 7.25. The first-order chi connectivity index (χ1) is 11.7. The number of hydrogen-bond acceptors (Lipinski definition) is 3. The molecule has 0 atom stereocenters. The molecule has 24 heavy (non-hydrogen) atoms. The summed E-state index contributed by atoms with van der Waals surface area (Å²) in [5, 5.41) is 2.67. The van der Waals surface area contributed by atoms with Crippen molar-refractivity contribution in [1.29, 1.82) is 0 Å². The summed E-state index contributed by atoms with van der Waals surface area (Å²) in [6, 6.07) is 21.5. The second-order valence-electron chi connectivity index (χ2n) is 6.04. The van der Waals surface area contributed by atoms with Gasteiger partial charge in [-0.15, -0.1) is 11.3 Å². The molecule has 0 fully saturated rings. The van der Waals surface area contributed by atoms with E-state index >= 15 is 0 Å². The van der Waals surface area contributed by atoms with E-state index in [-0.39, 0.29) is 0 Å². The van der Waals surface area contributed by atoms with E-state index < -0.39 is 0 Å². The maximum absolute atomic E-state index is 5.34. The number of aryl methyl sites for hydroxylation is 1. The van der Waals surface area contributed by atoms with Gasteiger partial charge in [-0.25, -0.2) is 0 Å². The number of benzene rings is 3. The summed E-state index contributed by atoms with van der Waals surface area (Å²) in [6.45, 7) is 2.15. The van der Waals surface area contributed by atoms with Crippen LogP contribution in [-0.4, -0.2) is 14.2 Å². The van der Waals surface area contributed by atoms with E-state index in [1.54, 1.807) is 7.11 Å².